The molecule has 1 aliphatic heterocycles. The average molecular weight is 558 g/mol. The molecule has 0 radical (unpaired) electrons. The van der Waals surface area contributed by atoms with Crippen LogP contribution in [0.5, 0.6) is 0 Å². The molecule has 1 fully saturated rings. The van der Waals surface area contributed by atoms with Gasteiger partial charge in [0.05, 0.1) is 17.5 Å². The average Bonchev–Trinajstić information content (AvgIpc) is 2.93. The number of rotatable bonds is 5. The molecule has 0 aliphatic carbocycles. The first-order valence-electron chi connectivity index (χ1n) is 13.1. The van der Waals surface area contributed by atoms with E-state index in [9.17, 15) is 13.6 Å². The zero-order valence-corrected chi connectivity index (χ0v) is 22.7. The van der Waals surface area contributed by atoms with Gasteiger partial charge in [0.25, 0.3) is 0 Å². The van der Waals surface area contributed by atoms with Gasteiger partial charge in [-0.25, -0.2) is 23.7 Å². The van der Waals surface area contributed by atoms with Crippen LogP contribution in [0.2, 0.25) is 5.02 Å². The third-order valence-corrected chi connectivity index (χ3v) is 7.67. The summed E-state index contributed by atoms with van der Waals surface area (Å²) in [5, 5.41) is 8.13. The van der Waals surface area contributed by atoms with E-state index in [1.165, 1.54) is 24.4 Å². The van der Waals surface area contributed by atoms with Crippen LogP contribution in [0.1, 0.15) is 37.0 Å². The van der Waals surface area contributed by atoms with E-state index in [4.69, 9.17) is 11.6 Å². The Kier molecular flexibility index (Phi) is 6.68. The standard InChI is InChI=1S/C31H26ClF2N5O/c1-31(2)13-12-18(15-36-31)29(40)17-6-9-20(10-7-17)37-30-35-16-25-27(39-30)21-11-8-19(32)14-22(21)28(38-25)26-23(33)4-3-5-24(26)34/h3-11,14,16,18,36H,12-13,15H2,1-2H3,(H,35,37,39)/t18-/m0/s1. The van der Waals surface area contributed by atoms with Gasteiger partial charge in [0, 0.05) is 45.0 Å². The zero-order chi connectivity index (χ0) is 28.0. The Morgan fingerprint density at radius 2 is 1.77 bits per heavy atom. The summed E-state index contributed by atoms with van der Waals surface area (Å²) in [4.78, 5) is 26.6. The molecule has 2 aromatic heterocycles. The lowest BCUT2D eigenvalue weighted by molar-refractivity contribution is 0.0871. The summed E-state index contributed by atoms with van der Waals surface area (Å²) in [7, 11) is 0. The molecule has 2 N–H and O–H groups in total. The van der Waals surface area contributed by atoms with Gasteiger partial charge < -0.3 is 10.6 Å². The smallest absolute Gasteiger partial charge is 0.227 e. The molecule has 0 unspecified atom stereocenters. The van der Waals surface area contributed by atoms with Gasteiger partial charge in [0.2, 0.25) is 5.95 Å². The predicted octanol–water partition coefficient (Wildman–Crippen LogP) is 7.48. The van der Waals surface area contributed by atoms with Crippen LogP contribution in [-0.2, 0) is 0 Å². The highest BCUT2D eigenvalue weighted by molar-refractivity contribution is 6.31. The number of carbonyl (C=O) groups excluding carboxylic acids is 1. The Labute approximate surface area is 234 Å². The first-order chi connectivity index (χ1) is 19.2. The lowest BCUT2D eigenvalue weighted by Crippen LogP contribution is -2.48. The number of anilines is 2. The number of Topliss-reactive ketones (excluding diaryl/α,β-unsaturated/α-hetero) is 1. The molecule has 9 heteroatoms. The number of fused-ring (bicyclic) bond motifs is 3. The Morgan fingerprint density at radius 3 is 2.48 bits per heavy atom. The molecule has 40 heavy (non-hydrogen) atoms. The van der Waals surface area contributed by atoms with Crippen LogP contribution >= 0.6 is 11.6 Å². The summed E-state index contributed by atoms with van der Waals surface area (Å²) in [6.07, 6.45) is 3.33. The highest BCUT2D eigenvalue weighted by Gasteiger charge is 2.30. The second kappa shape index (κ2) is 10.2. The lowest BCUT2D eigenvalue weighted by Gasteiger charge is -2.35. The molecular weight excluding hydrogens is 532 g/mol. The number of nitrogens with zero attached hydrogens (tertiary/aromatic N) is 3. The summed E-state index contributed by atoms with van der Waals surface area (Å²) < 4.78 is 29.4. The number of benzene rings is 3. The fourth-order valence-electron chi connectivity index (χ4n) is 5.16. The molecule has 0 saturated carbocycles. The number of hydrogen-bond donors (Lipinski definition) is 2. The molecule has 6 rings (SSSR count). The van der Waals surface area contributed by atoms with Gasteiger partial charge in [0.1, 0.15) is 22.7 Å². The van der Waals surface area contributed by atoms with Crippen molar-refractivity contribution >= 4 is 50.8 Å². The van der Waals surface area contributed by atoms with E-state index >= 15 is 0 Å². The van der Waals surface area contributed by atoms with Gasteiger partial charge in [-0.15, -0.1) is 0 Å². The van der Waals surface area contributed by atoms with Gasteiger partial charge in [0.15, 0.2) is 5.78 Å². The Morgan fingerprint density at radius 1 is 1.02 bits per heavy atom. The normalized spacial score (nSPS) is 16.8. The topological polar surface area (TPSA) is 79.8 Å². The third-order valence-electron chi connectivity index (χ3n) is 7.43. The summed E-state index contributed by atoms with van der Waals surface area (Å²) in [6.45, 7) is 4.98. The van der Waals surface area contributed by atoms with E-state index in [0.29, 0.717) is 50.6 Å². The molecule has 0 spiro atoms. The van der Waals surface area contributed by atoms with Crippen molar-refractivity contribution in [2.75, 3.05) is 11.9 Å². The van der Waals surface area contributed by atoms with Crippen LogP contribution in [0.4, 0.5) is 20.4 Å². The number of piperidine rings is 1. The quantitative estimate of drug-likeness (QED) is 0.172. The Hall–Kier alpha value is -4.01. The van der Waals surface area contributed by atoms with Crippen molar-refractivity contribution in [1.29, 1.82) is 0 Å². The fourth-order valence-corrected chi connectivity index (χ4v) is 5.33. The van der Waals surface area contributed by atoms with Crippen molar-refractivity contribution in [3.63, 3.8) is 0 Å². The molecular formula is C31H26ClF2N5O. The van der Waals surface area contributed by atoms with Crippen molar-refractivity contribution in [2.24, 2.45) is 5.92 Å². The Bertz CT molecular complexity index is 1740. The maximum absolute atomic E-state index is 14.7. The molecule has 0 amide bonds. The minimum atomic E-state index is -0.724. The fraction of sp³-hybridized carbons (Fsp3) is 0.226. The van der Waals surface area contributed by atoms with Crippen molar-refractivity contribution in [1.82, 2.24) is 20.3 Å². The highest BCUT2D eigenvalue weighted by atomic mass is 35.5. The van der Waals surface area contributed by atoms with Crippen molar-refractivity contribution in [3.8, 4) is 11.3 Å². The van der Waals surface area contributed by atoms with Crippen LogP contribution in [0.15, 0.2) is 66.9 Å². The first-order valence-corrected chi connectivity index (χ1v) is 13.4. The number of carbonyl (C=O) groups is 1. The van der Waals surface area contributed by atoms with Crippen LogP contribution in [0, 0.1) is 17.6 Å². The highest BCUT2D eigenvalue weighted by Crippen LogP contribution is 2.36. The number of ketones is 1. The summed E-state index contributed by atoms with van der Waals surface area (Å²) >= 11 is 6.26. The lowest BCUT2D eigenvalue weighted by atomic mass is 9.83. The monoisotopic (exact) mass is 557 g/mol. The van der Waals surface area contributed by atoms with E-state index in [1.807, 2.05) is 12.1 Å². The maximum atomic E-state index is 14.7. The van der Waals surface area contributed by atoms with Crippen LogP contribution in [0.25, 0.3) is 33.1 Å². The zero-order valence-electron chi connectivity index (χ0n) is 21.9. The summed E-state index contributed by atoms with van der Waals surface area (Å²) in [6, 6.07) is 16.0. The minimum Gasteiger partial charge on any atom is -0.324 e. The summed E-state index contributed by atoms with van der Waals surface area (Å²) in [5.41, 5.74) is 2.21. The van der Waals surface area contributed by atoms with E-state index in [1.54, 1.807) is 30.3 Å². The van der Waals surface area contributed by atoms with E-state index in [-0.39, 0.29) is 28.5 Å². The molecule has 202 valence electrons. The molecule has 1 atom stereocenters. The van der Waals surface area contributed by atoms with E-state index < -0.39 is 11.6 Å². The van der Waals surface area contributed by atoms with Crippen LogP contribution in [-0.4, -0.2) is 32.8 Å². The minimum absolute atomic E-state index is 0.0346. The summed E-state index contributed by atoms with van der Waals surface area (Å²) in [5.74, 6) is -1.04. The SMILES string of the molecule is CC1(C)CC[C@H](C(=O)c2ccc(Nc3ncc4nc(-c5c(F)cccc5F)c5cc(Cl)ccc5c4n3)cc2)CN1. The van der Waals surface area contributed by atoms with Gasteiger partial charge in [-0.05, 0) is 75.2 Å². The molecule has 3 heterocycles. The van der Waals surface area contributed by atoms with Gasteiger partial charge in [-0.2, -0.15) is 0 Å². The molecule has 3 aromatic carbocycles. The van der Waals surface area contributed by atoms with Gasteiger partial charge in [-0.3, -0.25) is 4.79 Å². The van der Waals surface area contributed by atoms with Crippen molar-refractivity contribution in [2.45, 2.75) is 32.2 Å². The number of halogens is 3. The van der Waals surface area contributed by atoms with Gasteiger partial charge in [-0.1, -0.05) is 23.7 Å². The number of pyridine rings is 1. The molecule has 0 bridgehead atoms. The molecule has 6 nitrogen and oxygen atoms in total. The second-order valence-electron chi connectivity index (χ2n) is 10.7. The molecule has 5 aromatic rings. The van der Waals surface area contributed by atoms with Crippen LogP contribution < -0.4 is 10.6 Å². The van der Waals surface area contributed by atoms with Crippen molar-refractivity contribution < 1.29 is 13.6 Å². The number of nitrogens with one attached hydrogen (secondary N) is 2. The molecule has 1 saturated heterocycles. The number of aromatic nitrogens is 3. The van der Waals surface area contributed by atoms with E-state index in [2.05, 4.69) is 39.4 Å². The van der Waals surface area contributed by atoms with Crippen molar-refractivity contribution in [3.05, 3.63) is 89.1 Å². The Balaban J connectivity index is 1.31. The van der Waals surface area contributed by atoms with Gasteiger partial charge >= 0.3 is 0 Å². The second-order valence-corrected chi connectivity index (χ2v) is 11.2. The predicted molar refractivity (Wildman–Crippen MR) is 154 cm³/mol. The largest absolute Gasteiger partial charge is 0.324 e. The van der Waals surface area contributed by atoms with E-state index in [0.717, 1.165) is 12.8 Å². The third kappa shape index (κ3) is 5.00. The maximum Gasteiger partial charge on any atom is 0.227 e. The molecule has 1 aliphatic rings. The van der Waals surface area contributed by atoms with Crippen LogP contribution in [0.3, 0.4) is 0 Å². The number of hydrogen-bond acceptors (Lipinski definition) is 6. The first kappa shape index (κ1) is 26.2.